The van der Waals surface area contributed by atoms with Crippen molar-refractivity contribution in [2.75, 3.05) is 6.61 Å². The molecule has 0 radical (unpaired) electrons. The highest BCUT2D eigenvalue weighted by molar-refractivity contribution is 6.05. The van der Waals surface area contributed by atoms with Gasteiger partial charge >= 0.3 is 0 Å². The van der Waals surface area contributed by atoms with Crippen LogP contribution in [0.3, 0.4) is 0 Å². The molecule has 6 heteroatoms. The van der Waals surface area contributed by atoms with Crippen molar-refractivity contribution in [1.82, 2.24) is 0 Å². The standard InChI is InChI=1S/C23H22O6/c1-11(2)18-7-16-17(28-18)4-3-14-22(26)21-15-5-12(8-24)13(9-25)6-19(15)27-10-20(21)29-23(14)16/h3-6,18,20-21,24-25H,1,7-10H2,2H3/t18?,20-,21+/m1/s1. The third-order valence-electron chi connectivity index (χ3n) is 6.03. The molecule has 0 spiro atoms. The van der Waals surface area contributed by atoms with Crippen molar-refractivity contribution in [1.29, 1.82) is 0 Å². The normalized spacial score (nSPS) is 23.7. The second kappa shape index (κ2) is 6.61. The van der Waals surface area contributed by atoms with E-state index in [1.165, 1.54) is 0 Å². The average Bonchev–Trinajstić information content (AvgIpc) is 3.17. The van der Waals surface area contributed by atoms with Gasteiger partial charge in [0.15, 0.2) is 5.78 Å². The highest BCUT2D eigenvalue weighted by atomic mass is 16.5. The maximum Gasteiger partial charge on any atom is 0.178 e. The first-order valence-corrected chi connectivity index (χ1v) is 9.70. The topological polar surface area (TPSA) is 85.2 Å². The maximum atomic E-state index is 13.5. The Hall–Kier alpha value is -2.83. The molecule has 6 nitrogen and oxygen atoms in total. The molecule has 3 aliphatic heterocycles. The largest absolute Gasteiger partial charge is 0.489 e. The molecule has 2 aromatic rings. The Morgan fingerprint density at radius 1 is 1.14 bits per heavy atom. The molecule has 5 rings (SSSR count). The number of hydrogen-bond acceptors (Lipinski definition) is 6. The molecule has 0 bridgehead atoms. The molecule has 2 N–H and O–H groups in total. The molecule has 0 fully saturated rings. The predicted octanol–water partition coefficient (Wildman–Crippen LogP) is 2.67. The molecule has 2 aromatic carbocycles. The number of ketones is 1. The zero-order valence-corrected chi connectivity index (χ0v) is 16.1. The molecule has 3 aliphatic rings. The number of rotatable bonds is 3. The number of aliphatic hydroxyl groups excluding tert-OH is 2. The average molecular weight is 394 g/mol. The van der Waals surface area contributed by atoms with E-state index in [1.807, 2.05) is 13.0 Å². The van der Waals surface area contributed by atoms with E-state index < -0.39 is 12.0 Å². The molecule has 29 heavy (non-hydrogen) atoms. The molecule has 0 aromatic heterocycles. The fourth-order valence-electron chi connectivity index (χ4n) is 4.44. The van der Waals surface area contributed by atoms with E-state index in [0.29, 0.717) is 40.2 Å². The van der Waals surface area contributed by atoms with Crippen LogP contribution in [-0.2, 0) is 19.6 Å². The summed E-state index contributed by atoms with van der Waals surface area (Å²) in [4.78, 5) is 13.5. The molecule has 1 unspecified atom stereocenters. The van der Waals surface area contributed by atoms with Gasteiger partial charge in [0.05, 0.1) is 24.7 Å². The number of benzene rings is 2. The molecule has 0 saturated carbocycles. The van der Waals surface area contributed by atoms with E-state index in [9.17, 15) is 15.0 Å². The van der Waals surface area contributed by atoms with Crippen LogP contribution in [0.1, 0.15) is 45.5 Å². The molecule has 150 valence electrons. The lowest BCUT2D eigenvalue weighted by atomic mass is 9.80. The van der Waals surface area contributed by atoms with Crippen molar-refractivity contribution in [2.45, 2.75) is 44.7 Å². The van der Waals surface area contributed by atoms with E-state index in [-0.39, 0.29) is 31.7 Å². The number of aliphatic hydroxyl groups is 2. The number of carbonyl (C=O) groups is 1. The fourth-order valence-corrected chi connectivity index (χ4v) is 4.44. The minimum Gasteiger partial charge on any atom is -0.489 e. The Kier molecular flexibility index (Phi) is 4.15. The van der Waals surface area contributed by atoms with Crippen LogP contribution in [0.25, 0.3) is 0 Å². The van der Waals surface area contributed by atoms with Crippen LogP contribution >= 0.6 is 0 Å². The smallest absolute Gasteiger partial charge is 0.178 e. The predicted molar refractivity (Wildman–Crippen MR) is 105 cm³/mol. The van der Waals surface area contributed by atoms with Crippen LogP contribution < -0.4 is 14.2 Å². The second-order valence-corrected chi connectivity index (χ2v) is 7.86. The fraction of sp³-hybridized carbons (Fsp3) is 0.348. The monoisotopic (exact) mass is 394 g/mol. The van der Waals surface area contributed by atoms with Gasteiger partial charge < -0.3 is 24.4 Å². The van der Waals surface area contributed by atoms with Crippen LogP contribution in [-0.4, -0.2) is 34.8 Å². The molecule has 3 heterocycles. The molecule has 0 aliphatic carbocycles. The van der Waals surface area contributed by atoms with Crippen molar-refractivity contribution in [3.05, 3.63) is 64.2 Å². The van der Waals surface area contributed by atoms with Crippen LogP contribution in [0.2, 0.25) is 0 Å². The summed E-state index contributed by atoms with van der Waals surface area (Å²) in [5.74, 6) is 1.33. The SMILES string of the molecule is C=C(C)C1Cc2c(ccc3c2O[C@@H]2COc4cc(CO)c(CO)cc4[C@@H]2C3=O)O1. The highest BCUT2D eigenvalue weighted by Gasteiger charge is 2.45. The van der Waals surface area contributed by atoms with Gasteiger partial charge in [0.25, 0.3) is 0 Å². The zero-order valence-electron chi connectivity index (χ0n) is 16.1. The van der Waals surface area contributed by atoms with Gasteiger partial charge in [-0.05, 0) is 47.9 Å². The number of fused-ring (bicyclic) bond motifs is 6. The first-order valence-electron chi connectivity index (χ1n) is 9.70. The molecular weight excluding hydrogens is 372 g/mol. The van der Waals surface area contributed by atoms with E-state index >= 15 is 0 Å². The summed E-state index contributed by atoms with van der Waals surface area (Å²) in [6.45, 7) is 5.71. The summed E-state index contributed by atoms with van der Waals surface area (Å²) in [6, 6.07) is 7.04. The Labute approximate surface area is 168 Å². The van der Waals surface area contributed by atoms with Crippen LogP contribution in [0.5, 0.6) is 17.2 Å². The lowest BCUT2D eigenvalue weighted by Gasteiger charge is -2.37. The first-order chi connectivity index (χ1) is 14.0. The van der Waals surface area contributed by atoms with E-state index in [4.69, 9.17) is 14.2 Å². The van der Waals surface area contributed by atoms with Gasteiger partial charge in [0, 0.05) is 17.5 Å². The minimum atomic E-state index is -0.512. The molecule has 0 saturated heterocycles. The number of carbonyl (C=O) groups excluding carboxylic acids is 1. The van der Waals surface area contributed by atoms with Gasteiger partial charge in [0.1, 0.15) is 36.1 Å². The van der Waals surface area contributed by atoms with Gasteiger partial charge in [-0.3, -0.25) is 4.79 Å². The zero-order chi connectivity index (χ0) is 20.3. The lowest BCUT2D eigenvalue weighted by molar-refractivity contribution is 0.0555. The maximum absolute atomic E-state index is 13.5. The van der Waals surface area contributed by atoms with Crippen molar-refractivity contribution < 1.29 is 29.2 Å². The summed E-state index contributed by atoms with van der Waals surface area (Å²) in [5.41, 5.74) is 4.24. The van der Waals surface area contributed by atoms with Gasteiger partial charge in [0.2, 0.25) is 0 Å². The summed E-state index contributed by atoms with van der Waals surface area (Å²) in [5, 5.41) is 19.2. The quantitative estimate of drug-likeness (QED) is 0.779. The summed E-state index contributed by atoms with van der Waals surface area (Å²) in [7, 11) is 0. The van der Waals surface area contributed by atoms with Gasteiger partial charge in [-0.15, -0.1) is 0 Å². The minimum absolute atomic E-state index is 0.0250. The van der Waals surface area contributed by atoms with Crippen molar-refractivity contribution in [2.24, 2.45) is 0 Å². The summed E-state index contributed by atoms with van der Waals surface area (Å²) in [6.07, 6.45) is 0.0643. The van der Waals surface area contributed by atoms with Gasteiger partial charge in [-0.2, -0.15) is 0 Å². The van der Waals surface area contributed by atoms with Crippen LogP contribution in [0, 0.1) is 0 Å². The number of ether oxygens (including phenoxy) is 3. The summed E-state index contributed by atoms with van der Waals surface area (Å²) < 4.78 is 18.1. The lowest BCUT2D eigenvalue weighted by Crippen LogP contribution is -2.43. The number of Topliss-reactive ketones (excluding diaryl/α,β-unsaturated/α-hetero) is 1. The second-order valence-electron chi connectivity index (χ2n) is 7.86. The van der Waals surface area contributed by atoms with Crippen LogP contribution in [0.15, 0.2) is 36.4 Å². The summed E-state index contributed by atoms with van der Waals surface area (Å²) >= 11 is 0. The molecule has 3 atom stereocenters. The van der Waals surface area contributed by atoms with Gasteiger partial charge in [-0.1, -0.05) is 6.58 Å². The van der Waals surface area contributed by atoms with Crippen LogP contribution in [0.4, 0.5) is 0 Å². The van der Waals surface area contributed by atoms with Crippen molar-refractivity contribution >= 4 is 5.78 Å². The Bertz CT molecular complexity index is 1040. The third-order valence-corrected chi connectivity index (χ3v) is 6.03. The van der Waals surface area contributed by atoms with E-state index in [0.717, 1.165) is 16.9 Å². The Morgan fingerprint density at radius 2 is 1.90 bits per heavy atom. The van der Waals surface area contributed by atoms with E-state index in [2.05, 4.69) is 6.58 Å². The van der Waals surface area contributed by atoms with Crippen molar-refractivity contribution in [3.63, 3.8) is 0 Å². The Balaban J connectivity index is 1.58. The Morgan fingerprint density at radius 3 is 2.62 bits per heavy atom. The molecular formula is C23H22O6. The molecule has 0 amide bonds. The third kappa shape index (κ3) is 2.67. The van der Waals surface area contributed by atoms with Gasteiger partial charge in [-0.25, -0.2) is 0 Å². The van der Waals surface area contributed by atoms with E-state index in [1.54, 1.807) is 18.2 Å². The van der Waals surface area contributed by atoms with Crippen molar-refractivity contribution in [3.8, 4) is 17.2 Å². The highest BCUT2D eigenvalue weighted by Crippen LogP contribution is 2.48. The number of hydrogen-bond donors (Lipinski definition) is 2. The first kappa shape index (κ1) is 18.2.